The molecule has 0 fully saturated rings. The Hall–Kier alpha value is -5.12. The van der Waals surface area contributed by atoms with Gasteiger partial charge in [-0.05, 0) is 96.9 Å². The van der Waals surface area contributed by atoms with E-state index in [1.54, 1.807) is 31.3 Å². The van der Waals surface area contributed by atoms with Gasteiger partial charge in [-0.2, -0.15) is 0 Å². The first-order chi connectivity index (χ1) is 24.6. The standard InChI is InChI=1S/C48H48O2S/c1-9-13-20-33(11-3)35-28-34-21-15-18-27-41(34)48(8,29-35)45-30(5)36(22-14-10-2)44(37-23-16-17-24-38(37)45)40-26-19-25-39-43(32(7)51-47(39)40)46(50)31(6)42(49)12-4/h9,11-29,41,49-50H,1,10H2,2-8H3/b20-13-,22-14-,33-11+,42-12-,46-31+/t41-,48?/m0/s1. The smallest absolute Gasteiger partial charge is 0.131 e. The molecule has 1 unspecified atom stereocenters. The van der Waals surface area contributed by atoms with E-state index in [1.807, 2.05) is 12.2 Å². The molecule has 2 atom stereocenters. The first-order valence-electron chi connectivity index (χ1n) is 17.9. The summed E-state index contributed by atoms with van der Waals surface area (Å²) >= 11 is 1.70. The van der Waals surface area contributed by atoms with Crippen LogP contribution in [0.2, 0.25) is 0 Å². The van der Waals surface area contributed by atoms with Crippen LogP contribution in [0.5, 0.6) is 0 Å². The van der Waals surface area contributed by atoms with Crippen molar-refractivity contribution in [2.45, 2.75) is 60.3 Å². The molecule has 0 bridgehead atoms. The van der Waals surface area contributed by atoms with E-state index in [0.29, 0.717) is 5.57 Å². The minimum Gasteiger partial charge on any atom is -0.508 e. The number of thiophene rings is 1. The molecule has 0 amide bonds. The number of aliphatic hydroxyl groups is 2. The number of aliphatic hydroxyl groups excluding tert-OH is 2. The van der Waals surface area contributed by atoms with Crippen molar-refractivity contribution in [3.8, 4) is 11.1 Å². The molecule has 0 saturated heterocycles. The summed E-state index contributed by atoms with van der Waals surface area (Å²) < 4.78 is 1.12. The summed E-state index contributed by atoms with van der Waals surface area (Å²) in [4.78, 5) is 1.01. The minimum absolute atomic E-state index is 0.0830. The van der Waals surface area contributed by atoms with Crippen molar-refractivity contribution < 1.29 is 10.2 Å². The zero-order valence-corrected chi connectivity index (χ0v) is 31.7. The van der Waals surface area contributed by atoms with Crippen LogP contribution in [0.4, 0.5) is 0 Å². The number of allylic oxidation sites excluding steroid dienone is 16. The van der Waals surface area contributed by atoms with Gasteiger partial charge in [0.05, 0.1) is 0 Å². The molecule has 0 aliphatic heterocycles. The molecule has 0 radical (unpaired) electrons. The molecule has 3 heteroatoms. The first-order valence-corrected chi connectivity index (χ1v) is 18.7. The highest BCUT2D eigenvalue weighted by molar-refractivity contribution is 7.20. The van der Waals surface area contributed by atoms with Crippen molar-refractivity contribution in [3.63, 3.8) is 0 Å². The van der Waals surface area contributed by atoms with Crippen molar-refractivity contribution >= 4 is 44.0 Å². The number of aryl methyl sites for hydroxylation is 1. The predicted molar refractivity (Wildman–Crippen MR) is 224 cm³/mol. The monoisotopic (exact) mass is 688 g/mol. The summed E-state index contributed by atoms with van der Waals surface area (Å²) in [5.74, 6) is 0.365. The molecule has 258 valence electrons. The molecule has 1 aromatic heterocycles. The van der Waals surface area contributed by atoms with Gasteiger partial charge in [-0.1, -0.05) is 136 Å². The Morgan fingerprint density at radius 1 is 0.980 bits per heavy atom. The van der Waals surface area contributed by atoms with Crippen molar-refractivity contribution in [2.75, 3.05) is 0 Å². The Balaban J connectivity index is 1.71. The van der Waals surface area contributed by atoms with Crippen LogP contribution >= 0.6 is 11.3 Å². The third-order valence-corrected chi connectivity index (χ3v) is 11.7. The highest BCUT2D eigenvalue weighted by Gasteiger charge is 2.41. The molecular weight excluding hydrogens is 641 g/mol. The van der Waals surface area contributed by atoms with E-state index in [2.05, 4.69) is 144 Å². The number of hydrogen-bond donors (Lipinski definition) is 2. The van der Waals surface area contributed by atoms with Crippen LogP contribution in [-0.2, 0) is 5.41 Å². The number of fused-ring (bicyclic) bond motifs is 3. The second-order valence-corrected chi connectivity index (χ2v) is 14.8. The predicted octanol–water partition coefficient (Wildman–Crippen LogP) is 14.1. The van der Waals surface area contributed by atoms with Crippen LogP contribution in [0.1, 0.15) is 68.2 Å². The fourth-order valence-corrected chi connectivity index (χ4v) is 9.25. The first kappa shape index (κ1) is 35.7. The minimum atomic E-state index is -0.352. The van der Waals surface area contributed by atoms with Crippen LogP contribution in [0.25, 0.3) is 43.8 Å². The van der Waals surface area contributed by atoms with Gasteiger partial charge in [-0.15, -0.1) is 11.3 Å². The van der Waals surface area contributed by atoms with Crippen LogP contribution in [0.15, 0.2) is 150 Å². The van der Waals surface area contributed by atoms with E-state index < -0.39 is 0 Å². The molecule has 4 aromatic rings. The van der Waals surface area contributed by atoms with Crippen molar-refractivity contribution in [1.82, 2.24) is 0 Å². The Labute approximate surface area is 307 Å². The molecule has 51 heavy (non-hydrogen) atoms. The van der Waals surface area contributed by atoms with Crippen LogP contribution in [-0.4, -0.2) is 10.2 Å². The fourth-order valence-electron chi connectivity index (χ4n) is 8.07. The van der Waals surface area contributed by atoms with E-state index in [1.165, 1.54) is 49.7 Å². The summed E-state index contributed by atoms with van der Waals surface area (Å²) in [6.45, 7) is 18.5. The van der Waals surface area contributed by atoms with Crippen LogP contribution in [0.3, 0.4) is 0 Å². The summed E-state index contributed by atoms with van der Waals surface area (Å²) in [7, 11) is 0. The maximum absolute atomic E-state index is 11.5. The molecule has 1 heterocycles. The van der Waals surface area contributed by atoms with Gasteiger partial charge in [-0.3, -0.25) is 0 Å². The Morgan fingerprint density at radius 3 is 2.43 bits per heavy atom. The third kappa shape index (κ3) is 6.15. The third-order valence-electron chi connectivity index (χ3n) is 10.5. The molecule has 0 saturated carbocycles. The summed E-state index contributed by atoms with van der Waals surface area (Å²) in [6, 6.07) is 15.3. The van der Waals surface area contributed by atoms with Gasteiger partial charge in [0.25, 0.3) is 0 Å². The number of hydrogen-bond acceptors (Lipinski definition) is 3. The van der Waals surface area contributed by atoms with Gasteiger partial charge in [0, 0.05) is 43.0 Å². The lowest BCUT2D eigenvalue weighted by atomic mass is 9.61. The second kappa shape index (κ2) is 14.6. The van der Waals surface area contributed by atoms with Crippen molar-refractivity contribution in [3.05, 3.63) is 177 Å². The van der Waals surface area contributed by atoms with E-state index in [4.69, 9.17) is 0 Å². The van der Waals surface area contributed by atoms with Crippen molar-refractivity contribution in [2.24, 2.45) is 5.92 Å². The highest BCUT2D eigenvalue weighted by Crippen LogP contribution is 2.52. The highest BCUT2D eigenvalue weighted by atomic mass is 32.1. The molecular formula is C48H48O2S. The van der Waals surface area contributed by atoms with Crippen LogP contribution in [0, 0.1) is 19.8 Å². The van der Waals surface area contributed by atoms with Crippen LogP contribution < -0.4 is 0 Å². The summed E-state index contributed by atoms with van der Waals surface area (Å²) in [5.41, 5.74) is 10.7. The van der Waals surface area contributed by atoms with Gasteiger partial charge in [0.2, 0.25) is 0 Å². The van der Waals surface area contributed by atoms with E-state index in [9.17, 15) is 10.2 Å². The topological polar surface area (TPSA) is 40.5 Å². The van der Waals surface area contributed by atoms with E-state index in [0.717, 1.165) is 32.5 Å². The van der Waals surface area contributed by atoms with Gasteiger partial charge in [0.15, 0.2) is 0 Å². The fraction of sp³-hybridized carbons (Fsp3) is 0.208. The molecule has 6 rings (SSSR count). The van der Waals surface area contributed by atoms with Gasteiger partial charge in [0.1, 0.15) is 11.5 Å². The summed E-state index contributed by atoms with van der Waals surface area (Å²) in [6.07, 6.45) is 29.1. The molecule has 2 aliphatic rings. The van der Waals surface area contributed by atoms with Gasteiger partial charge in [-0.25, -0.2) is 0 Å². The number of benzene rings is 3. The molecule has 0 spiro atoms. The largest absolute Gasteiger partial charge is 0.508 e. The summed E-state index contributed by atoms with van der Waals surface area (Å²) in [5, 5.41) is 25.4. The lowest BCUT2D eigenvalue weighted by molar-refractivity contribution is 0.415. The Morgan fingerprint density at radius 2 is 1.73 bits per heavy atom. The second-order valence-electron chi connectivity index (χ2n) is 13.6. The van der Waals surface area contributed by atoms with Gasteiger partial charge >= 0.3 is 0 Å². The zero-order valence-electron chi connectivity index (χ0n) is 30.8. The SMILES string of the molecule is C=C/C=C\C(=C/C)C1=CC(C)(c2c(C)c(/C=C\CC)c(-c3cccc4c(/C(O)=C(C)\C(O)=C\C)c(C)sc34)c3ccccc23)[C@H]2C=CC=CC2=C1. The van der Waals surface area contributed by atoms with E-state index >= 15 is 0 Å². The Kier molecular flexibility index (Phi) is 10.2. The molecule has 3 aromatic carbocycles. The number of rotatable bonds is 9. The lowest BCUT2D eigenvalue weighted by Gasteiger charge is -2.42. The van der Waals surface area contributed by atoms with Gasteiger partial charge < -0.3 is 10.2 Å². The average molecular weight is 689 g/mol. The van der Waals surface area contributed by atoms with E-state index in [-0.39, 0.29) is 22.9 Å². The maximum atomic E-state index is 11.5. The molecule has 2 nitrogen and oxygen atoms in total. The molecule has 2 N–H and O–H groups in total. The lowest BCUT2D eigenvalue weighted by Crippen LogP contribution is -2.34. The van der Waals surface area contributed by atoms with Crippen molar-refractivity contribution in [1.29, 1.82) is 0 Å². The maximum Gasteiger partial charge on any atom is 0.131 e. The Bertz CT molecular complexity index is 2340. The normalized spacial score (nSPS) is 19.9. The zero-order chi connectivity index (χ0) is 36.4. The quantitative estimate of drug-likeness (QED) is 0.136. The average Bonchev–Trinajstić information content (AvgIpc) is 3.49. The molecule has 2 aliphatic carbocycles.